The normalized spacial score (nSPS) is 14.1. The number of benzene rings is 2. The Morgan fingerprint density at radius 3 is 2.22 bits per heavy atom. The van der Waals surface area contributed by atoms with Crippen LogP contribution in [0.15, 0.2) is 41.2 Å². The van der Waals surface area contributed by atoms with E-state index in [1.807, 2.05) is 58.9 Å². The van der Waals surface area contributed by atoms with Crippen molar-refractivity contribution in [1.82, 2.24) is 4.57 Å². The first-order valence-electron chi connectivity index (χ1n) is 9.01. The minimum atomic E-state index is -0.424. The third kappa shape index (κ3) is 2.45. The molecule has 1 aliphatic rings. The minimum absolute atomic E-state index is 0.0216. The topological polar surface area (TPSA) is 42.2 Å². The Balaban J connectivity index is 2.11. The van der Waals surface area contributed by atoms with E-state index < -0.39 is 5.41 Å². The van der Waals surface area contributed by atoms with Crippen LogP contribution in [0.5, 0.6) is 5.75 Å². The molecule has 0 radical (unpaired) electrons. The first-order valence-corrected chi connectivity index (χ1v) is 9.39. The second-order valence-electron chi connectivity index (χ2n) is 7.99. The van der Waals surface area contributed by atoms with Crippen LogP contribution in [0.4, 0.5) is 0 Å². The van der Waals surface area contributed by atoms with Crippen molar-refractivity contribution in [3.63, 3.8) is 0 Å². The predicted octanol–water partition coefficient (Wildman–Crippen LogP) is 5.43. The van der Waals surface area contributed by atoms with Crippen molar-refractivity contribution in [1.29, 1.82) is 0 Å². The summed E-state index contributed by atoms with van der Waals surface area (Å²) in [6, 6.07) is 11.4. The highest BCUT2D eigenvalue weighted by Crippen LogP contribution is 2.45. The third-order valence-electron chi connectivity index (χ3n) is 5.63. The summed E-state index contributed by atoms with van der Waals surface area (Å²) in [6.07, 6.45) is 0. The molecular weight excluding hydrogens is 358 g/mol. The summed E-state index contributed by atoms with van der Waals surface area (Å²) >= 11 is 6.21. The number of rotatable bonds is 1. The van der Waals surface area contributed by atoms with Crippen LogP contribution in [0.1, 0.15) is 41.8 Å². The van der Waals surface area contributed by atoms with Gasteiger partial charge in [0, 0.05) is 22.2 Å². The molecule has 1 N–H and O–H groups in total. The fourth-order valence-electron chi connectivity index (χ4n) is 4.45. The summed E-state index contributed by atoms with van der Waals surface area (Å²) in [5, 5.41) is 11.5. The molecule has 1 aliphatic heterocycles. The third-order valence-corrected chi connectivity index (χ3v) is 5.86. The number of aromatic hydroxyl groups is 1. The molecule has 0 amide bonds. The van der Waals surface area contributed by atoms with Gasteiger partial charge in [0.25, 0.3) is 5.56 Å². The standard InChI is InChI=1S/C23H22ClNO2/c1-12-8-13(2)20(14(3)9-12)21-18(26)11-19-23(4,5)16-10-15(24)6-7-17(16)25(19)22(21)27/h6-11,26H,1-5H3. The average Bonchev–Trinajstić information content (AvgIpc) is 2.77. The Kier molecular flexibility index (Phi) is 3.80. The Labute approximate surface area is 163 Å². The number of nitrogens with zero attached hydrogens (tertiary/aromatic N) is 1. The van der Waals surface area contributed by atoms with Gasteiger partial charge in [-0.25, -0.2) is 0 Å². The van der Waals surface area contributed by atoms with Gasteiger partial charge in [-0.15, -0.1) is 0 Å². The van der Waals surface area contributed by atoms with Gasteiger partial charge >= 0.3 is 0 Å². The van der Waals surface area contributed by atoms with E-state index in [1.165, 1.54) is 0 Å². The number of aryl methyl sites for hydroxylation is 3. The molecule has 0 fully saturated rings. The van der Waals surface area contributed by atoms with Crippen molar-refractivity contribution < 1.29 is 5.11 Å². The minimum Gasteiger partial charge on any atom is -0.507 e. The monoisotopic (exact) mass is 379 g/mol. The highest BCUT2D eigenvalue weighted by Gasteiger charge is 2.38. The molecule has 0 bridgehead atoms. The van der Waals surface area contributed by atoms with Crippen molar-refractivity contribution in [2.45, 2.75) is 40.0 Å². The van der Waals surface area contributed by atoms with Gasteiger partial charge in [-0.05, 0) is 61.2 Å². The molecular formula is C23H22ClNO2. The van der Waals surface area contributed by atoms with E-state index in [4.69, 9.17) is 11.6 Å². The SMILES string of the molecule is Cc1cc(C)c(-c2c(O)cc3n(c2=O)-c2ccc(Cl)cc2C3(C)C)c(C)c1. The van der Waals surface area contributed by atoms with E-state index >= 15 is 0 Å². The molecule has 3 nitrogen and oxygen atoms in total. The zero-order valence-corrected chi connectivity index (χ0v) is 16.9. The molecule has 0 spiro atoms. The van der Waals surface area contributed by atoms with Crippen molar-refractivity contribution in [2.75, 3.05) is 0 Å². The predicted molar refractivity (Wildman–Crippen MR) is 110 cm³/mol. The van der Waals surface area contributed by atoms with Crippen LogP contribution in [-0.2, 0) is 5.41 Å². The van der Waals surface area contributed by atoms with Gasteiger partial charge in [0.1, 0.15) is 5.75 Å². The van der Waals surface area contributed by atoms with Crippen LogP contribution < -0.4 is 5.56 Å². The molecule has 2 heterocycles. The van der Waals surface area contributed by atoms with Crippen molar-refractivity contribution >= 4 is 11.6 Å². The second kappa shape index (κ2) is 5.74. The Morgan fingerprint density at radius 2 is 1.59 bits per heavy atom. The van der Waals surface area contributed by atoms with Crippen molar-refractivity contribution in [2.24, 2.45) is 0 Å². The summed E-state index contributed by atoms with van der Waals surface area (Å²) in [4.78, 5) is 13.6. The molecule has 27 heavy (non-hydrogen) atoms. The highest BCUT2D eigenvalue weighted by molar-refractivity contribution is 6.30. The molecule has 0 saturated carbocycles. The molecule has 0 aliphatic carbocycles. The summed E-state index contributed by atoms with van der Waals surface area (Å²) < 4.78 is 1.72. The lowest BCUT2D eigenvalue weighted by Crippen LogP contribution is -2.24. The zero-order chi connectivity index (χ0) is 19.7. The molecule has 2 aromatic carbocycles. The van der Waals surface area contributed by atoms with Gasteiger partial charge in [0.05, 0.1) is 11.3 Å². The maximum atomic E-state index is 13.6. The first kappa shape index (κ1) is 17.9. The van der Waals surface area contributed by atoms with E-state index in [0.29, 0.717) is 10.6 Å². The summed E-state index contributed by atoms with van der Waals surface area (Å²) in [5.74, 6) is 0.0216. The summed E-state index contributed by atoms with van der Waals surface area (Å²) in [6.45, 7) is 10.1. The van der Waals surface area contributed by atoms with Gasteiger partial charge in [0.2, 0.25) is 0 Å². The van der Waals surface area contributed by atoms with Crippen molar-refractivity contribution in [3.05, 3.63) is 79.7 Å². The van der Waals surface area contributed by atoms with Gasteiger partial charge in [-0.1, -0.05) is 43.1 Å². The highest BCUT2D eigenvalue weighted by atomic mass is 35.5. The summed E-state index contributed by atoms with van der Waals surface area (Å²) in [5.41, 5.74) is 6.22. The molecule has 3 aromatic rings. The largest absolute Gasteiger partial charge is 0.507 e. The number of pyridine rings is 1. The van der Waals surface area contributed by atoms with E-state index in [0.717, 1.165) is 39.2 Å². The van der Waals surface area contributed by atoms with Crippen LogP contribution in [0, 0.1) is 20.8 Å². The Hall–Kier alpha value is -2.52. The Morgan fingerprint density at radius 1 is 0.963 bits per heavy atom. The van der Waals surface area contributed by atoms with Crippen LogP contribution in [-0.4, -0.2) is 9.67 Å². The van der Waals surface area contributed by atoms with E-state index in [1.54, 1.807) is 16.7 Å². The van der Waals surface area contributed by atoms with Crippen LogP contribution >= 0.6 is 11.6 Å². The summed E-state index contributed by atoms with van der Waals surface area (Å²) in [7, 11) is 0. The van der Waals surface area contributed by atoms with Gasteiger partial charge in [-0.3, -0.25) is 9.36 Å². The van der Waals surface area contributed by atoms with Gasteiger partial charge < -0.3 is 5.11 Å². The number of hydrogen-bond acceptors (Lipinski definition) is 2. The van der Waals surface area contributed by atoms with Crippen molar-refractivity contribution in [3.8, 4) is 22.6 Å². The molecule has 0 saturated heterocycles. The molecule has 0 atom stereocenters. The van der Waals surface area contributed by atoms with E-state index in [-0.39, 0.29) is 11.3 Å². The quantitative estimate of drug-likeness (QED) is 0.612. The number of aromatic nitrogens is 1. The van der Waals surface area contributed by atoms with Crippen LogP contribution in [0.25, 0.3) is 16.8 Å². The fraction of sp³-hybridized carbons (Fsp3) is 0.261. The van der Waals surface area contributed by atoms with E-state index in [2.05, 4.69) is 0 Å². The molecule has 4 rings (SSSR count). The fourth-order valence-corrected chi connectivity index (χ4v) is 4.62. The maximum absolute atomic E-state index is 13.6. The first-order chi connectivity index (χ1) is 12.6. The smallest absolute Gasteiger partial charge is 0.267 e. The lowest BCUT2D eigenvalue weighted by molar-refractivity contribution is 0.471. The zero-order valence-electron chi connectivity index (χ0n) is 16.1. The van der Waals surface area contributed by atoms with Gasteiger partial charge in [0.15, 0.2) is 0 Å². The number of hydrogen-bond donors (Lipinski definition) is 1. The average molecular weight is 380 g/mol. The van der Waals surface area contributed by atoms with Crippen LogP contribution in [0.2, 0.25) is 5.02 Å². The molecule has 0 unspecified atom stereocenters. The maximum Gasteiger partial charge on any atom is 0.267 e. The lowest BCUT2D eigenvalue weighted by Gasteiger charge is -2.21. The number of halogens is 1. The number of fused-ring (bicyclic) bond motifs is 3. The Bertz CT molecular complexity index is 1140. The molecule has 138 valence electrons. The molecule has 4 heteroatoms. The van der Waals surface area contributed by atoms with Crippen LogP contribution in [0.3, 0.4) is 0 Å². The molecule has 1 aromatic heterocycles. The second-order valence-corrected chi connectivity index (χ2v) is 8.43. The van der Waals surface area contributed by atoms with E-state index in [9.17, 15) is 9.90 Å². The van der Waals surface area contributed by atoms with Gasteiger partial charge in [-0.2, -0.15) is 0 Å². The lowest BCUT2D eigenvalue weighted by atomic mass is 9.83.